The molecule has 0 aliphatic carbocycles. The minimum Gasteiger partial charge on any atom is -0.386 e. The predicted octanol–water partition coefficient (Wildman–Crippen LogP) is 1.83. The van der Waals surface area contributed by atoms with Gasteiger partial charge in [-0.1, -0.05) is 12.1 Å². The van der Waals surface area contributed by atoms with Crippen molar-refractivity contribution in [3.8, 4) is 0 Å². The van der Waals surface area contributed by atoms with Gasteiger partial charge in [0.05, 0.1) is 0 Å². The summed E-state index contributed by atoms with van der Waals surface area (Å²) in [6, 6.07) is 5.10. The number of hydrogen-bond acceptors (Lipinski definition) is 1. The van der Waals surface area contributed by atoms with Crippen molar-refractivity contribution in [2.75, 3.05) is 6.67 Å². The first-order valence-corrected chi connectivity index (χ1v) is 3.23. The monoisotopic (exact) mass is 158 g/mol. The first-order chi connectivity index (χ1) is 5.24. The zero-order valence-electron chi connectivity index (χ0n) is 5.80. The lowest BCUT2D eigenvalue weighted by atomic mass is 10.1. The molecule has 1 aromatic rings. The van der Waals surface area contributed by atoms with Crippen LogP contribution in [-0.2, 0) is 0 Å². The van der Waals surface area contributed by atoms with Crippen LogP contribution in [0.25, 0.3) is 0 Å². The molecule has 1 aromatic carbocycles. The lowest BCUT2D eigenvalue weighted by molar-refractivity contribution is 0.141. The smallest absolute Gasteiger partial charge is 0.123 e. The second-order valence-electron chi connectivity index (χ2n) is 2.22. The first-order valence-electron chi connectivity index (χ1n) is 3.23. The van der Waals surface area contributed by atoms with E-state index >= 15 is 0 Å². The molecule has 11 heavy (non-hydrogen) atoms. The van der Waals surface area contributed by atoms with E-state index in [-0.39, 0.29) is 5.82 Å². The lowest BCUT2D eigenvalue weighted by Gasteiger charge is -2.04. The van der Waals surface area contributed by atoms with Gasteiger partial charge in [0.25, 0.3) is 0 Å². The van der Waals surface area contributed by atoms with Gasteiger partial charge < -0.3 is 5.11 Å². The summed E-state index contributed by atoms with van der Waals surface area (Å²) in [5.41, 5.74) is 0.397. The Bertz CT molecular complexity index is 220. The largest absolute Gasteiger partial charge is 0.386 e. The van der Waals surface area contributed by atoms with Gasteiger partial charge in [0.2, 0.25) is 0 Å². The number of aliphatic hydroxyl groups excluding tert-OH is 1. The van der Waals surface area contributed by atoms with Gasteiger partial charge in [-0.3, -0.25) is 0 Å². The van der Waals surface area contributed by atoms with E-state index in [1.165, 1.54) is 24.3 Å². The SMILES string of the molecule is OC(CF)c1ccc(F)cc1. The second-order valence-corrected chi connectivity index (χ2v) is 2.22. The second kappa shape index (κ2) is 3.44. The Morgan fingerprint density at radius 1 is 1.27 bits per heavy atom. The maximum atomic E-state index is 12.3. The van der Waals surface area contributed by atoms with Crippen molar-refractivity contribution in [1.29, 1.82) is 0 Å². The number of alkyl halides is 1. The van der Waals surface area contributed by atoms with Crippen LogP contribution in [0.5, 0.6) is 0 Å². The Labute approximate surface area is 63.3 Å². The van der Waals surface area contributed by atoms with Crippen LogP contribution in [0.4, 0.5) is 8.78 Å². The highest BCUT2D eigenvalue weighted by atomic mass is 19.1. The standard InChI is InChI=1S/C8H8F2O/c9-5-8(11)6-1-3-7(10)4-2-6/h1-4,8,11H,5H2. The Hall–Kier alpha value is -0.960. The molecule has 0 radical (unpaired) electrons. The van der Waals surface area contributed by atoms with Crippen molar-refractivity contribution in [2.45, 2.75) is 6.10 Å². The molecule has 0 aliphatic rings. The highest BCUT2D eigenvalue weighted by Gasteiger charge is 2.05. The molecule has 3 heteroatoms. The molecular weight excluding hydrogens is 150 g/mol. The van der Waals surface area contributed by atoms with Gasteiger partial charge >= 0.3 is 0 Å². The number of hydrogen-bond donors (Lipinski definition) is 1. The van der Waals surface area contributed by atoms with Crippen LogP contribution in [-0.4, -0.2) is 11.8 Å². The van der Waals surface area contributed by atoms with Crippen molar-refractivity contribution in [3.63, 3.8) is 0 Å². The highest BCUT2D eigenvalue weighted by molar-refractivity contribution is 5.18. The van der Waals surface area contributed by atoms with Crippen molar-refractivity contribution >= 4 is 0 Å². The van der Waals surface area contributed by atoms with E-state index in [2.05, 4.69) is 0 Å². The van der Waals surface area contributed by atoms with E-state index in [4.69, 9.17) is 5.11 Å². The first kappa shape index (κ1) is 8.14. The molecule has 60 valence electrons. The van der Waals surface area contributed by atoms with E-state index < -0.39 is 12.8 Å². The molecule has 0 heterocycles. The molecule has 0 aromatic heterocycles. The molecule has 0 bridgehead atoms. The molecule has 1 N–H and O–H groups in total. The van der Waals surface area contributed by atoms with Gasteiger partial charge in [-0.15, -0.1) is 0 Å². The Kier molecular flexibility index (Phi) is 2.54. The van der Waals surface area contributed by atoms with Crippen molar-refractivity contribution in [2.24, 2.45) is 0 Å². The van der Waals surface area contributed by atoms with Crippen LogP contribution in [0.3, 0.4) is 0 Å². The molecule has 1 unspecified atom stereocenters. The Morgan fingerprint density at radius 2 is 1.82 bits per heavy atom. The molecule has 1 atom stereocenters. The zero-order chi connectivity index (χ0) is 8.27. The summed E-state index contributed by atoms with van der Waals surface area (Å²) in [4.78, 5) is 0. The molecule has 0 spiro atoms. The molecule has 0 fully saturated rings. The summed E-state index contributed by atoms with van der Waals surface area (Å²) in [6.45, 7) is -0.842. The maximum absolute atomic E-state index is 12.3. The number of rotatable bonds is 2. The lowest BCUT2D eigenvalue weighted by Crippen LogP contribution is -1.98. The van der Waals surface area contributed by atoms with Crippen molar-refractivity contribution < 1.29 is 13.9 Å². The minimum atomic E-state index is -1.13. The Balaban J connectivity index is 2.81. The average molecular weight is 158 g/mol. The summed E-state index contributed by atoms with van der Waals surface area (Å²) in [7, 11) is 0. The van der Waals surface area contributed by atoms with Crippen molar-refractivity contribution in [3.05, 3.63) is 35.6 Å². The topological polar surface area (TPSA) is 20.2 Å². The number of aliphatic hydroxyl groups is 1. The summed E-state index contributed by atoms with van der Waals surface area (Å²) in [5, 5.41) is 8.92. The van der Waals surface area contributed by atoms with Gasteiger partial charge in [-0.05, 0) is 17.7 Å². The number of benzene rings is 1. The highest BCUT2D eigenvalue weighted by Crippen LogP contribution is 2.12. The average Bonchev–Trinajstić information content (AvgIpc) is 2.05. The molecule has 0 saturated heterocycles. The van der Waals surface area contributed by atoms with Crippen LogP contribution in [0.15, 0.2) is 24.3 Å². The Morgan fingerprint density at radius 3 is 2.27 bits per heavy atom. The van der Waals surface area contributed by atoms with Crippen molar-refractivity contribution in [1.82, 2.24) is 0 Å². The quantitative estimate of drug-likeness (QED) is 0.696. The summed E-state index contributed by atoms with van der Waals surface area (Å²) in [5.74, 6) is -0.389. The van der Waals surface area contributed by atoms with Crippen LogP contribution in [0.2, 0.25) is 0 Å². The van der Waals surface area contributed by atoms with E-state index in [1.807, 2.05) is 0 Å². The van der Waals surface area contributed by atoms with Gasteiger partial charge in [0, 0.05) is 0 Å². The van der Waals surface area contributed by atoms with E-state index in [9.17, 15) is 8.78 Å². The molecule has 0 saturated carbocycles. The van der Waals surface area contributed by atoms with Gasteiger partial charge in [-0.2, -0.15) is 0 Å². The van der Waals surface area contributed by atoms with Gasteiger partial charge in [0.1, 0.15) is 18.6 Å². The van der Waals surface area contributed by atoms with E-state index in [0.29, 0.717) is 5.56 Å². The third-order valence-corrected chi connectivity index (χ3v) is 1.40. The zero-order valence-corrected chi connectivity index (χ0v) is 5.80. The fraction of sp³-hybridized carbons (Fsp3) is 0.250. The van der Waals surface area contributed by atoms with E-state index in [0.717, 1.165) is 0 Å². The third kappa shape index (κ3) is 1.98. The fourth-order valence-corrected chi connectivity index (χ4v) is 0.774. The summed E-state index contributed by atoms with van der Waals surface area (Å²) < 4.78 is 24.1. The molecular formula is C8H8F2O. The van der Waals surface area contributed by atoms with Crippen LogP contribution >= 0.6 is 0 Å². The van der Waals surface area contributed by atoms with Crippen LogP contribution in [0, 0.1) is 5.82 Å². The predicted molar refractivity (Wildman–Crippen MR) is 37.3 cm³/mol. The molecule has 1 rings (SSSR count). The van der Waals surface area contributed by atoms with Crippen LogP contribution < -0.4 is 0 Å². The summed E-state index contributed by atoms with van der Waals surface area (Å²) in [6.07, 6.45) is -1.13. The molecule has 1 nitrogen and oxygen atoms in total. The van der Waals surface area contributed by atoms with E-state index in [1.54, 1.807) is 0 Å². The molecule has 0 aliphatic heterocycles. The maximum Gasteiger partial charge on any atom is 0.123 e. The van der Waals surface area contributed by atoms with Gasteiger partial charge in [-0.25, -0.2) is 8.78 Å². The third-order valence-electron chi connectivity index (χ3n) is 1.40. The fourth-order valence-electron chi connectivity index (χ4n) is 0.774. The van der Waals surface area contributed by atoms with Gasteiger partial charge in [0.15, 0.2) is 0 Å². The molecule has 0 amide bonds. The normalized spacial score (nSPS) is 13.0. The number of halogens is 2. The minimum absolute atomic E-state index is 0.389. The van der Waals surface area contributed by atoms with Crippen LogP contribution in [0.1, 0.15) is 11.7 Å². The summed E-state index contributed by atoms with van der Waals surface area (Å²) >= 11 is 0.